The topological polar surface area (TPSA) is 183 Å². The third-order valence-corrected chi connectivity index (χ3v) is 13.4. The van der Waals surface area contributed by atoms with E-state index in [-0.39, 0.29) is 61.4 Å². The normalized spacial score (nSPS) is 13.5. The number of hydrogen-bond donors (Lipinski definition) is 6. The highest BCUT2D eigenvalue weighted by Crippen LogP contribution is 2.27. The van der Waals surface area contributed by atoms with Crippen molar-refractivity contribution in [2.75, 3.05) is 59.7 Å². The van der Waals surface area contributed by atoms with E-state index in [0.717, 1.165) is 89.9 Å². The predicted molar refractivity (Wildman–Crippen MR) is 294 cm³/mol. The van der Waals surface area contributed by atoms with Crippen molar-refractivity contribution >= 4 is 23.6 Å². The van der Waals surface area contributed by atoms with Crippen LogP contribution in [-0.4, -0.2) is 142 Å². The van der Waals surface area contributed by atoms with Gasteiger partial charge in [-0.25, -0.2) is 0 Å². The Balaban J connectivity index is 5.24. The number of hydrogen-bond acceptors (Lipinski definition) is 9. The van der Waals surface area contributed by atoms with Crippen molar-refractivity contribution in [1.82, 2.24) is 25.3 Å². The second kappa shape index (κ2) is 42.0. The van der Waals surface area contributed by atoms with E-state index < -0.39 is 49.6 Å². The monoisotopic (exact) mass is 1000 g/mol. The van der Waals surface area contributed by atoms with Crippen molar-refractivity contribution in [1.29, 1.82) is 0 Å². The lowest BCUT2D eigenvalue weighted by atomic mass is 9.92. The van der Waals surface area contributed by atoms with Crippen LogP contribution >= 0.6 is 0 Å². The van der Waals surface area contributed by atoms with E-state index in [1.165, 1.54) is 41.9 Å². The van der Waals surface area contributed by atoms with Crippen LogP contribution in [0.25, 0.3) is 0 Å². The Morgan fingerprint density at radius 3 is 1.10 bits per heavy atom. The molecule has 0 spiro atoms. The number of nitrogens with one attached hydrogen (secondary N) is 2. The maximum atomic E-state index is 13.9. The molecular weight excluding hydrogens is 895 g/mol. The second-order valence-electron chi connectivity index (χ2n) is 21.0. The zero-order valence-electron chi connectivity index (χ0n) is 46.6. The van der Waals surface area contributed by atoms with Crippen molar-refractivity contribution in [2.24, 2.45) is 11.8 Å². The first kappa shape index (κ1) is 67.6. The molecule has 0 aliphatic rings. The maximum absolute atomic E-state index is 13.9. The van der Waals surface area contributed by atoms with E-state index in [2.05, 4.69) is 73.1 Å². The second-order valence-corrected chi connectivity index (χ2v) is 21.0. The molecule has 0 aliphatic carbocycles. The standard InChI is InChI=1S/C58H107N5O8/c1-10-12-14-16-18-20-22-24-26-28-30-32-34-36-38-40-52(69)63(58(8,47-66)48-67)54(50(5)6)56(71)60-42-44-61(9)43-41-59-55(70)53(49(3)4)62(57(7,45-64)46-65)51(68)39-37-35-33-31-29-27-25-23-21-19-17-15-13-11-2/h17-20,23-26,49-50,53-54,64-67H,10-16,21-22,27-48H2,1-9H3,(H,59,70)(H,60,71)/b19-17-,20-18-,25-23-,26-24-. The molecule has 0 radical (unpaired) electrons. The average molecular weight is 1000 g/mol. The number of unbranched alkanes of at least 4 members (excludes halogenated alkanes) is 15. The molecule has 0 saturated heterocycles. The van der Waals surface area contributed by atoms with E-state index in [4.69, 9.17) is 0 Å². The van der Waals surface area contributed by atoms with Crippen LogP contribution in [0.2, 0.25) is 0 Å². The quantitative estimate of drug-likeness (QED) is 0.0256. The Morgan fingerprint density at radius 2 is 0.775 bits per heavy atom. The first-order valence-electron chi connectivity index (χ1n) is 28.0. The Morgan fingerprint density at radius 1 is 0.465 bits per heavy atom. The van der Waals surface area contributed by atoms with Crippen LogP contribution in [0, 0.1) is 11.8 Å². The van der Waals surface area contributed by atoms with Crippen molar-refractivity contribution in [2.45, 2.75) is 226 Å². The predicted octanol–water partition coefficient (Wildman–Crippen LogP) is 9.58. The highest BCUT2D eigenvalue weighted by atomic mass is 16.3. The summed E-state index contributed by atoms with van der Waals surface area (Å²) in [6, 6.07) is -1.83. The molecule has 0 aromatic rings. The first-order valence-corrected chi connectivity index (χ1v) is 28.0. The van der Waals surface area contributed by atoms with Crippen molar-refractivity contribution in [3.8, 4) is 0 Å². The number of aliphatic hydroxyl groups is 4. The molecule has 0 bridgehead atoms. The fourth-order valence-corrected chi connectivity index (χ4v) is 8.71. The van der Waals surface area contributed by atoms with Crippen molar-refractivity contribution < 1.29 is 39.6 Å². The summed E-state index contributed by atoms with van der Waals surface area (Å²) in [7, 11) is 1.86. The van der Waals surface area contributed by atoms with E-state index in [1.807, 2.05) is 39.6 Å². The number of carbonyl (C=O) groups excluding carboxylic acids is 4. The Labute approximate surface area is 433 Å². The summed E-state index contributed by atoms with van der Waals surface area (Å²) in [4.78, 5) is 60.2. The molecule has 71 heavy (non-hydrogen) atoms. The fraction of sp³-hybridized carbons (Fsp3) is 0.793. The molecule has 4 amide bonds. The number of nitrogens with zero attached hydrogens (tertiary/aromatic N) is 3. The molecule has 6 N–H and O–H groups in total. The van der Waals surface area contributed by atoms with Gasteiger partial charge < -0.3 is 45.8 Å². The van der Waals surface area contributed by atoms with Gasteiger partial charge in [-0.1, -0.05) is 154 Å². The molecule has 0 fully saturated rings. The number of rotatable bonds is 45. The van der Waals surface area contributed by atoms with Gasteiger partial charge in [0.2, 0.25) is 23.6 Å². The molecule has 0 saturated carbocycles. The van der Waals surface area contributed by atoms with Gasteiger partial charge in [-0.05, 0) is 103 Å². The molecule has 0 rings (SSSR count). The van der Waals surface area contributed by atoms with Gasteiger partial charge in [-0.15, -0.1) is 0 Å². The van der Waals surface area contributed by atoms with Gasteiger partial charge in [0, 0.05) is 39.0 Å². The Hall–Kier alpha value is -3.36. The molecular formula is C58H107N5O8. The lowest BCUT2D eigenvalue weighted by molar-refractivity contribution is -0.154. The molecule has 0 aromatic heterocycles. The highest BCUT2D eigenvalue weighted by molar-refractivity contribution is 5.89. The lowest BCUT2D eigenvalue weighted by Gasteiger charge is -2.45. The average Bonchev–Trinajstić information content (AvgIpc) is 3.34. The molecule has 0 aromatic carbocycles. The zero-order chi connectivity index (χ0) is 53.3. The van der Waals surface area contributed by atoms with Crippen LogP contribution in [0.1, 0.15) is 203 Å². The third kappa shape index (κ3) is 29.2. The summed E-state index contributed by atoms with van der Waals surface area (Å²) in [6.07, 6.45) is 40.3. The number of likely N-dealkylation sites (N-methyl/N-ethyl adjacent to an activating group) is 1. The van der Waals surface area contributed by atoms with Crippen LogP contribution in [0.15, 0.2) is 48.6 Å². The summed E-state index contributed by atoms with van der Waals surface area (Å²) < 4.78 is 0. The van der Waals surface area contributed by atoms with Gasteiger partial charge >= 0.3 is 0 Å². The van der Waals surface area contributed by atoms with Gasteiger partial charge in [0.25, 0.3) is 0 Å². The fourth-order valence-electron chi connectivity index (χ4n) is 8.71. The maximum Gasteiger partial charge on any atom is 0.243 e. The minimum atomic E-state index is -1.34. The van der Waals surface area contributed by atoms with Gasteiger partial charge in [-0.2, -0.15) is 0 Å². The summed E-state index contributed by atoms with van der Waals surface area (Å²) >= 11 is 0. The Kier molecular flexibility index (Phi) is 40.1. The van der Waals surface area contributed by atoms with Crippen LogP contribution in [-0.2, 0) is 19.2 Å². The van der Waals surface area contributed by atoms with Gasteiger partial charge in [0.05, 0.1) is 37.5 Å². The van der Waals surface area contributed by atoms with Gasteiger partial charge in [-0.3, -0.25) is 19.2 Å². The van der Waals surface area contributed by atoms with E-state index in [1.54, 1.807) is 13.8 Å². The first-order chi connectivity index (χ1) is 34.0. The van der Waals surface area contributed by atoms with Crippen LogP contribution in [0.3, 0.4) is 0 Å². The molecule has 13 heteroatoms. The summed E-state index contributed by atoms with van der Waals surface area (Å²) in [6.45, 7) is 14.4. The minimum Gasteiger partial charge on any atom is -0.394 e. The minimum absolute atomic E-state index is 0.212. The highest BCUT2D eigenvalue weighted by Gasteiger charge is 2.44. The smallest absolute Gasteiger partial charge is 0.243 e. The number of carbonyl (C=O) groups is 4. The summed E-state index contributed by atoms with van der Waals surface area (Å²) in [5.74, 6) is -1.88. The van der Waals surface area contributed by atoms with Gasteiger partial charge in [0.1, 0.15) is 12.1 Å². The number of allylic oxidation sites excluding steroid dienone is 8. The van der Waals surface area contributed by atoms with Crippen LogP contribution in [0.5, 0.6) is 0 Å². The lowest BCUT2D eigenvalue weighted by Crippen LogP contribution is -2.64. The molecule has 13 nitrogen and oxygen atoms in total. The van der Waals surface area contributed by atoms with E-state index in [9.17, 15) is 39.6 Å². The third-order valence-electron chi connectivity index (χ3n) is 13.4. The van der Waals surface area contributed by atoms with E-state index in [0.29, 0.717) is 25.9 Å². The van der Waals surface area contributed by atoms with Crippen LogP contribution in [0.4, 0.5) is 0 Å². The number of amides is 4. The SMILES string of the molecule is CCCC/C=C\C/C=C\CCCCCCCC(=O)N(C(C(=O)NCCN(C)CCNC(=O)C(C(C)C)N(C(=O)CCCCCCC/C=C\C/C=C\CCCCC)C(C)(CO)CO)C(C)C)C(C)(CO)CO. The number of aliphatic hydroxyl groups excluding tert-OH is 4. The molecule has 2 atom stereocenters. The zero-order valence-corrected chi connectivity index (χ0v) is 46.6. The van der Waals surface area contributed by atoms with Crippen LogP contribution < -0.4 is 10.6 Å². The van der Waals surface area contributed by atoms with Crippen molar-refractivity contribution in [3.63, 3.8) is 0 Å². The largest absolute Gasteiger partial charge is 0.394 e. The summed E-state index contributed by atoms with van der Waals surface area (Å²) in [5.41, 5.74) is -2.67. The van der Waals surface area contributed by atoms with Gasteiger partial charge in [0.15, 0.2) is 0 Å². The molecule has 0 heterocycles. The molecule has 412 valence electrons. The summed E-state index contributed by atoms with van der Waals surface area (Å²) in [5, 5.41) is 47.6. The molecule has 0 aliphatic heterocycles. The molecule has 2 unspecified atom stereocenters. The Bertz CT molecular complexity index is 1510. The van der Waals surface area contributed by atoms with Crippen molar-refractivity contribution in [3.05, 3.63) is 48.6 Å². The van der Waals surface area contributed by atoms with E-state index >= 15 is 0 Å².